The highest BCUT2D eigenvalue weighted by Crippen LogP contribution is 2.38. The van der Waals surface area contributed by atoms with Gasteiger partial charge in [-0.05, 0) is 30.3 Å². The average Bonchev–Trinajstić information content (AvgIpc) is 3.05. The quantitative estimate of drug-likeness (QED) is 0.443. The van der Waals surface area contributed by atoms with E-state index in [0.29, 0.717) is 21.4 Å². The molecular weight excluding hydrogens is 477 g/mol. The molecule has 0 bridgehead atoms. The van der Waals surface area contributed by atoms with Gasteiger partial charge in [0.25, 0.3) is 5.91 Å². The Balaban J connectivity index is 2.02. The van der Waals surface area contributed by atoms with Crippen LogP contribution in [0.4, 0.5) is 5.69 Å². The summed E-state index contributed by atoms with van der Waals surface area (Å²) in [5.41, 5.74) is 0.806. The van der Waals surface area contributed by atoms with Gasteiger partial charge in [-0.3, -0.25) is 4.79 Å². The van der Waals surface area contributed by atoms with Gasteiger partial charge in [-0.2, -0.15) is 0 Å². The van der Waals surface area contributed by atoms with E-state index in [0.717, 1.165) is 0 Å². The molecule has 1 heterocycles. The van der Waals surface area contributed by atoms with E-state index in [2.05, 4.69) is 15.4 Å². The Morgan fingerprint density at radius 2 is 1.67 bits per heavy atom. The summed E-state index contributed by atoms with van der Waals surface area (Å²) in [5.74, 6) is -0.935. The van der Waals surface area contributed by atoms with Crippen LogP contribution >= 0.6 is 69.6 Å². The van der Waals surface area contributed by atoms with E-state index in [1.54, 1.807) is 36.4 Å². The van der Waals surface area contributed by atoms with Crippen LogP contribution in [-0.2, 0) is 3.79 Å². The zero-order chi connectivity index (χ0) is 19.8. The van der Waals surface area contributed by atoms with Gasteiger partial charge in [0.1, 0.15) is 0 Å². The molecule has 0 saturated carbocycles. The average molecular weight is 485 g/mol. The third-order valence-electron chi connectivity index (χ3n) is 3.33. The Hall–Kier alpha value is -1.21. The first-order valence-electron chi connectivity index (χ1n) is 7.22. The first-order chi connectivity index (χ1) is 12.7. The molecule has 1 N–H and O–H groups in total. The summed E-state index contributed by atoms with van der Waals surface area (Å²) in [6, 6.07) is 11.4. The molecule has 0 aliphatic rings. The molecular formula is C16H8Cl6N4O. The number of amides is 1. The van der Waals surface area contributed by atoms with Crippen LogP contribution in [0.3, 0.4) is 0 Å². The van der Waals surface area contributed by atoms with Crippen molar-refractivity contribution >= 4 is 81.2 Å². The molecule has 2 aromatic carbocycles. The largest absolute Gasteiger partial charge is 0.318 e. The van der Waals surface area contributed by atoms with Gasteiger partial charge in [0.15, 0.2) is 5.82 Å². The molecule has 27 heavy (non-hydrogen) atoms. The summed E-state index contributed by atoms with van der Waals surface area (Å²) in [6.07, 6.45) is 0. The van der Waals surface area contributed by atoms with Gasteiger partial charge in [0, 0.05) is 0 Å². The molecule has 0 saturated heterocycles. The lowest BCUT2D eigenvalue weighted by molar-refractivity contribution is 0.101. The fraction of sp³-hybridized carbons (Fsp3) is 0.0625. The number of anilines is 1. The molecule has 0 aliphatic heterocycles. The van der Waals surface area contributed by atoms with Crippen LogP contribution in [0, 0.1) is 0 Å². The Labute approximate surface area is 184 Å². The highest BCUT2D eigenvalue weighted by molar-refractivity contribution is 6.66. The summed E-state index contributed by atoms with van der Waals surface area (Å²) >= 11 is 36.0. The normalized spacial score (nSPS) is 11.5. The molecule has 11 heteroatoms. The second-order valence-electron chi connectivity index (χ2n) is 5.20. The standard InChI is InChI=1S/C16H8Cl6N4O/c17-9-6-5-8(7-11(9)19)26-15(16(20,21)22)24-13(25-26)14(27)23-12-4-2-1-3-10(12)18/h1-7H,(H,23,27). The molecule has 0 atom stereocenters. The number of hydrogen-bond donors (Lipinski definition) is 1. The van der Waals surface area contributed by atoms with Crippen molar-refractivity contribution in [3.8, 4) is 5.69 Å². The van der Waals surface area contributed by atoms with Crippen molar-refractivity contribution in [2.45, 2.75) is 3.79 Å². The van der Waals surface area contributed by atoms with E-state index in [4.69, 9.17) is 69.6 Å². The maximum Gasteiger partial charge on any atom is 0.295 e. The van der Waals surface area contributed by atoms with Gasteiger partial charge in [-0.15, -0.1) is 5.10 Å². The summed E-state index contributed by atoms with van der Waals surface area (Å²) in [4.78, 5) is 16.6. The van der Waals surface area contributed by atoms with Crippen LogP contribution in [0.2, 0.25) is 15.1 Å². The topological polar surface area (TPSA) is 59.8 Å². The highest BCUT2D eigenvalue weighted by atomic mass is 35.6. The summed E-state index contributed by atoms with van der Waals surface area (Å²) in [7, 11) is 0. The molecule has 3 rings (SSSR count). The number of carbonyl (C=O) groups is 1. The molecule has 3 aromatic rings. The number of halogens is 6. The van der Waals surface area contributed by atoms with E-state index in [-0.39, 0.29) is 16.7 Å². The minimum Gasteiger partial charge on any atom is -0.318 e. The van der Waals surface area contributed by atoms with E-state index in [1.165, 1.54) is 10.7 Å². The van der Waals surface area contributed by atoms with Crippen molar-refractivity contribution in [3.63, 3.8) is 0 Å². The van der Waals surface area contributed by atoms with Gasteiger partial charge in [-0.25, -0.2) is 9.67 Å². The van der Waals surface area contributed by atoms with Crippen LogP contribution in [0.15, 0.2) is 42.5 Å². The number of hydrogen-bond acceptors (Lipinski definition) is 3. The van der Waals surface area contributed by atoms with Gasteiger partial charge in [0.2, 0.25) is 9.62 Å². The van der Waals surface area contributed by atoms with Crippen LogP contribution in [0.25, 0.3) is 5.69 Å². The van der Waals surface area contributed by atoms with E-state index in [9.17, 15) is 4.79 Å². The van der Waals surface area contributed by atoms with Gasteiger partial charge < -0.3 is 5.32 Å². The number of para-hydroxylation sites is 1. The zero-order valence-corrected chi connectivity index (χ0v) is 17.6. The van der Waals surface area contributed by atoms with Crippen LogP contribution < -0.4 is 5.32 Å². The minimum absolute atomic E-state index is 0.0878. The lowest BCUT2D eigenvalue weighted by Crippen LogP contribution is -2.14. The number of benzene rings is 2. The van der Waals surface area contributed by atoms with Crippen LogP contribution in [0.1, 0.15) is 16.4 Å². The Morgan fingerprint density at radius 1 is 0.963 bits per heavy atom. The highest BCUT2D eigenvalue weighted by Gasteiger charge is 2.33. The van der Waals surface area contributed by atoms with E-state index >= 15 is 0 Å². The van der Waals surface area contributed by atoms with Crippen molar-refractivity contribution in [3.05, 3.63) is 69.2 Å². The van der Waals surface area contributed by atoms with Crippen molar-refractivity contribution in [1.82, 2.24) is 14.8 Å². The summed E-state index contributed by atoms with van der Waals surface area (Å²) < 4.78 is -0.737. The molecule has 140 valence electrons. The van der Waals surface area contributed by atoms with Gasteiger partial charge in [-0.1, -0.05) is 81.7 Å². The summed E-state index contributed by atoms with van der Waals surface area (Å²) in [6.45, 7) is 0. The maximum atomic E-state index is 12.5. The van der Waals surface area contributed by atoms with Gasteiger partial charge in [0.05, 0.1) is 26.4 Å². The van der Waals surface area contributed by atoms with Gasteiger partial charge >= 0.3 is 0 Å². The predicted molar refractivity (Wildman–Crippen MR) is 110 cm³/mol. The van der Waals surface area contributed by atoms with Crippen molar-refractivity contribution in [2.24, 2.45) is 0 Å². The van der Waals surface area contributed by atoms with Crippen LogP contribution in [-0.4, -0.2) is 20.7 Å². The van der Waals surface area contributed by atoms with Crippen molar-refractivity contribution in [1.29, 1.82) is 0 Å². The third kappa shape index (κ3) is 4.62. The number of carbonyl (C=O) groups excluding carboxylic acids is 1. The SMILES string of the molecule is O=C(Nc1ccccc1Cl)c1nc(C(Cl)(Cl)Cl)n(-c2ccc(Cl)c(Cl)c2)n1. The molecule has 0 aliphatic carbocycles. The smallest absolute Gasteiger partial charge is 0.295 e. The molecule has 5 nitrogen and oxygen atoms in total. The number of rotatable bonds is 3. The second-order valence-corrected chi connectivity index (χ2v) is 8.70. The lowest BCUT2D eigenvalue weighted by atomic mass is 10.3. The third-order valence-corrected chi connectivity index (χ3v) is 4.91. The molecule has 0 spiro atoms. The maximum absolute atomic E-state index is 12.5. The minimum atomic E-state index is -1.94. The summed E-state index contributed by atoms with van der Waals surface area (Å²) in [5, 5.41) is 7.71. The fourth-order valence-electron chi connectivity index (χ4n) is 2.13. The van der Waals surface area contributed by atoms with E-state index < -0.39 is 9.70 Å². The van der Waals surface area contributed by atoms with Crippen LogP contribution in [0.5, 0.6) is 0 Å². The molecule has 0 unspecified atom stereocenters. The van der Waals surface area contributed by atoms with Crippen molar-refractivity contribution < 1.29 is 4.79 Å². The lowest BCUT2D eigenvalue weighted by Gasteiger charge is -2.12. The van der Waals surface area contributed by atoms with E-state index in [1.807, 2.05) is 0 Å². The predicted octanol–water partition coefficient (Wildman–Crippen LogP) is 6.31. The first-order valence-corrected chi connectivity index (χ1v) is 9.49. The second kappa shape index (κ2) is 8.03. The first kappa shape index (κ1) is 20.5. The van der Waals surface area contributed by atoms with Crippen molar-refractivity contribution in [2.75, 3.05) is 5.32 Å². The molecule has 1 amide bonds. The molecule has 0 radical (unpaired) electrons. The Bertz CT molecular complexity index is 1010. The number of nitrogens with zero attached hydrogens (tertiary/aromatic N) is 3. The Kier molecular flexibility index (Phi) is 6.11. The Morgan fingerprint density at radius 3 is 2.30 bits per heavy atom. The number of alkyl halides is 3. The molecule has 0 fully saturated rings. The molecule has 1 aromatic heterocycles. The monoisotopic (exact) mass is 482 g/mol. The fourth-order valence-corrected chi connectivity index (χ4v) is 2.97. The zero-order valence-electron chi connectivity index (χ0n) is 13.1. The number of aromatic nitrogens is 3. The number of nitrogens with one attached hydrogen (secondary N) is 1.